The lowest BCUT2D eigenvalue weighted by molar-refractivity contribution is 1.22. The molecule has 3 rings (SSSR count). The molecular formula is C12H9N3S. The minimum absolute atomic E-state index is 0.447. The molecule has 16 heavy (non-hydrogen) atoms. The molecule has 0 atom stereocenters. The van der Waals surface area contributed by atoms with E-state index in [2.05, 4.69) is 27.5 Å². The first-order valence-corrected chi connectivity index (χ1v) is 5.77. The van der Waals surface area contributed by atoms with Crippen molar-refractivity contribution in [2.24, 2.45) is 0 Å². The number of nitrogen functional groups attached to an aromatic ring is 1. The van der Waals surface area contributed by atoms with Crippen LogP contribution in [0.3, 0.4) is 0 Å². The molecule has 0 radical (unpaired) electrons. The van der Waals surface area contributed by atoms with Gasteiger partial charge in [0.1, 0.15) is 5.82 Å². The highest BCUT2D eigenvalue weighted by Gasteiger charge is 2.06. The summed E-state index contributed by atoms with van der Waals surface area (Å²) in [6, 6.07) is 8.27. The van der Waals surface area contributed by atoms with Crippen molar-refractivity contribution >= 4 is 27.2 Å². The minimum atomic E-state index is 0.447. The Balaban J connectivity index is 2.22. The van der Waals surface area contributed by atoms with Gasteiger partial charge in [-0.3, -0.25) is 4.98 Å². The lowest BCUT2D eigenvalue weighted by atomic mass is 10.1. The molecule has 3 aromatic rings. The van der Waals surface area contributed by atoms with Crippen molar-refractivity contribution in [2.45, 2.75) is 0 Å². The van der Waals surface area contributed by atoms with E-state index in [0.717, 1.165) is 11.3 Å². The summed E-state index contributed by atoms with van der Waals surface area (Å²) >= 11 is 1.71. The van der Waals surface area contributed by atoms with Crippen LogP contribution in [0, 0.1) is 0 Å². The largest absolute Gasteiger partial charge is 0.382 e. The Bertz CT molecular complexity index is 628. The Morgan fingerprint density at radius 2 is 1.94 bits per heavy atom. The highest BCUT2D eigenvalue weighted by Crippen LogP contribution is 2.32. The average molecular weight is 227 g/mol. The number of hydrogen-bond donors (Lipinski definition) is 1. The number of thiophene rings is 1. The highest BCUT2D eigenvalue weighted by molar-refractivity contribution is 7.17. The van der Waals surface area contributed by atoms with Gasteiger partial charge in [0.25, 0.3) is 0 Å². The molecule has 0 unspecified atom stereocenters. The number of benzene rings is 1. The van der Waals surface area contributed by atoms with Crippen LogP contribution in [0.25, 0.3) is 21.3 Å². The number of rotatable bonds is 1. The van der Waals surface area contributed by atoms with Crippen LogP contribution in [0.15, 0.2) is 42.0 Å². The Kier molecular flexibility index (Phi) is 2.08. The number of nitrogens with zero attached hydrogens (tertiary/aromatic N) is 2. The molecular weight excluding hydrogens is 218 g/mol. The van der Waals surface area contributed by atoms with Gasteiger partial charge in [0.05, 0.1) is 18.1 Å². The zero-order valence-corrected chi connectivity index (χ0v) is 9.24. The van der Waals surface area contributed by atoms with E-state index in [-0.39, 0.29) is 0 Å². The molecule has 0 aliphatic heterocycles. The second-order valence-electron chi connectivity index (χ2n) is 3.47. The van der Waals surface area contributed by atoms with Crippen LogP contribution in [0.5, 0.6) is 0 Å². The topological polar surface area (TPSA) is 51.8 Å². The Morgan fingerprint density at radius 3 is 2.75 bits per heavy atom. The van der Waals surface area contributed by atoms with E-state index in [9.17, 15) is 0 Å². The van der Waals surface area contributed by atoms with Gasteiger partial charge >= 0.3 is 0 Å². The van der Waals surface area contributed by atoms with Gasteiger partial charge in [-0.2, -0.15) is 0 Å². The van der Waals surface area contributed by atoms with E-state index >= 15 is 0 Å². The summed E-state index contributed by atoms with van der Waals surface area (Å²) in [5.41, 5.74) is 7.51. The predicted molar refractivity (Wildman–Crippen MR) is 67.3 cm³/mol. The summed E-state index contributed by atoms with van der Waals surface area (Å²) in [7, 11) is 0. The summed E-state index contributed by atoms with van der Waals surface area (Å²) in [5, 5.41) is 3.32. The molecule has 78 valence electrons. The molecule has 0 amide bonds. The first-order chi connectivity index (χ1) is 7.84. The number of nitrogens with two attached hydrogens (primary N) is 1. The normalized spacial score (nSPS) is 10.8. The molecule has 0 bridgehead atoms. The average Bonchev–Trinajstić information content (AvgIpc) is 2.74. The second-order valence-corrected chi connectivity index (χ2v) is 4.38. The monoisotopic (exact) mass is 227 g/mol. The standard InChI is InChI=1S/C12H9N3S/c13-12-6-14-10(5-15-12)9-7-16-11-4-2-1-3-8(9)11/h1-7H,(H2,13,15). The molecule has 0 aliphatic rings. The van der Waals surface area contributed by atoms with Gasteiger partial charge in [-0.1, -0.05) is 18.2 Å². The molecule has 2 heterocycles. The SMILES string of the molecule is Nc1cnc(-c2csc3ccccc23)cn1. The van der Waals surface area contributed by atoms with Crippen molar-refractivity contribution in [3.05, 3.63) is 42.0 Å². The van der Waals surface area contributed by atoms with Crippen molar-refractivity contribution in [3.8, 4) is 11.3 Å². The van der Waals surface area contributed by atoms with Crippen LogP contribution in [-0.2, 0) is 0 Å². The van der Waals surface area contributed by atoms with E-state index in [1.165, 1.54) is 10.1 Å². The number of aromatic nitrogens is 2. The Hall–Kier alpha value is -1.94. The second kappa shape index (κ2) is 3.57. The quantitative estimate of drug-likeness (QED) is 0.695. The van der Waals surface area contributed by atoms with Crippen molar-refractivity contribution in [1.82, 2.24) is 9.97 Å². The smallest absolute Gasteiger partial charge is 0.141 e. The number of anilines is 1. The maximum Gasteiger partial charge on any atom is 0.141 e. The van der Waals surface area contributed by atoms with Crippen molar-refractivity contribution < 1.29 is 0 Å². The Labute approximate surface area is 96.6 Å². The fourth-order valence-electron chi connectivity index (χ4n) is 1.65. The molecule has 3 nitrogen and oxygen atoms in total. The Morgan fingerprint density at radius 1 is 1.06 bits per heavy atom. The van der Waals surface area contributed by atoms with E-state index < -0.39 is 0 Å². The fourth-order valence-corrected chi connectivity index (χ4v) is 2.61. The van der Waals surface area contributed by atoms with Gasteiger partial charge in [-0.25, -0.2) is 4.98 Å². The van der Waals surface area contributed by atoms with Gasteiger partial charge < -0.3 is 5.73 Å². The predicted octanol–water partition coefficient (Wildman–Crippen LogP) is 2.94. The third-order valence-electron chi connectivity index (χ3n) is 2.43. The van der Waals surface area contributed by atoms with Crippen LogP contribution in [-0.4, -0.2) is 9.97 Å². The van der Waals surface area contributed by atoms with Gasteiger partial charge in [0, 0.05) is 21.0 Å². The fraction of sp³-hybridized carbons (Fsp3) is 0. The zero-order valence-electron chi connectivity index (χ0n) is 8.42. The summed E-state index contributed by atoms with van der Waals surface area (Å²) in [4.78, 5) is 8.35. The lowest BCUT2D eigenvalue weighted by Gasteiger charge is -1.98. The maximum absolute atomic E-state index is 5.52. The van der Waals surface area contributed by atoms with E-state index in [1.54, 1.807) is 23.7 Å². The number of hydrogen-bond acceptors (Lipinski definition) is 4. The van der Waals surface area contributed by atoms with Crippen molar-refractivity contribution in [3.63, 3.8) is 0 Å². The van der Waals surface area contributed by atoms with Crippen LogP contribution in [0.1, 0.15) is 0 Å². The van der Waals surface area contributed by atoms with Gasteiger partial charge in [0.15, 0.2) is 0 Å². The maximum atomic E-state index is 5.52. The molecule has 0 spiro atoms. The summed E-state index contributed by atoms with van der Waals surface area (Å²) in [5.74, 6) is 0.447. The summed E-state index contributed by atoms with van der Waals surface area (Å²) in [6.45, 7) is 0. The molecule has 0 saturated carbocycles. The van der Waals surface area contributed by atoms with Crippen molar-refractivity contribution in [1.29, 1.82) is 0 Å². The third-order valence-corrected chi connectivity index (χ3v) is 3.39. The molecule has 2 N–H and O–H groups in total. The third kappa shape index (κ3) is 1.44. The van der Waals surface area contributed by atoms with Crippen LogP contribution in [0.2, 0.25) is 0 Å². The van der Waals surface area contributed by atoms with Gasteiger partial charge in [-0.15, -0.1) is 11.3 Å². The first kappa shape index (κ1) is 9.30. The first-order valence-electron chi connectivity index (χ1n) is 4.89. The molecule has 0 fully saturated rings. The summed E-state index contributed by atoms with van der Waals surface area (Å²) < 4.78 is 1.26. The van der Waals surface area contributed by atoms with E-state index in [4.69, 9.17) is 5.73 Å². The van der Waals surface area contributed by atoms with Gasteiger partial charge in [-0.05, 0) is 6.07 Å². The van der Waals surface area contributed by atoms with Crippen LogP contribution < -0.4 is 5.73 Å². The number of fused-ring (bicyclic) bond motifs is 1. The molecule has 2 aromatic heterocycles. The highest BCUT2D eigenvalue weighted by atomic mass is 32.1. The molecule has 0 aliphatic carbocycles. The van der Waals surface area contributed by atoms with Crippen molar-refractivity contribution in [2.75, 3.05) is 5.73 Å². The van der Waals surface area contributed by atoms with E-state index in [0.29, 0.717) is 5.82 Å². The molecule has 1 aromatic carbocycles. The minimum Gasteiger partial charge on any atom is -0.382 e. The van der Waals surface area contributed by atoms with Crippen LogP contribution in [0.4, 0.5) is 5.82 Å². The lowest BCUT2D eigenvalue weighted by Crippen LogP contribution is -1.91. The summed E-state index contributed by atoms with van der Waals surface area (Å²) in [6.07, 6.45) is 3.30. The van der Waals surface area contributed by atoms with E-state index in [1.807, 2.05) is 12.1 Å². The van der Waals surface area contributed by atoms with Crippen LogP contribution >= 0.6 is 11.3 Å². The zero-order chi connectivity index (χ0) is 11.0. The molecule has 4 heteroatoms. The molecule has 0 saturated heterocycles. The van der Waals surface area contributed by atoms with Gasteiger partial charge in [0.2, 0.25) is 0 Å².